The molecule has 1 saturated heterocycles. The maximum Gasteiger partial charge on any atom is 0.389 e. The Morgan fingerprint density at radius 1 is 1.23 bits per heavy atom. The molecule has 10 heteroatoms. The lowest BCUT2D eigenvalue weighted by Crippen LogP contribution is -2.52. The van der Waals surface area contributed by atoms with Gasteiger partial charge in [-0.15, -0.1) is 35.3 Å². The van der Waals surface area contributed by atoms with E-state index in [2.05, 4.69) is 48.2 Å². The van der Waals surface area contributed by atoms with Gasteiger partial charge in [0.15, 0.2) is 5.96 Å². The standard InChI is InChI=1S/C16H24BrF3N4S.HI/c1-21-15(22-7-3-2-6-16(18,19)20)24-10-8-23(9-11-24)12-13-4-5-14(17)25-13;/h4-5H,2-3,6-12H2,1H3,(H,21,22);1H. The molecule has 0 radical (unpaired) electrons. The highest BCUT2D eigenvalue weighted by Crippen LogP contribution is 2.24. The van der Waals surface area contributed by atoms with Gasteiger partial charge in [-0.1, -0.05) is 0 Å². The number of thiophene rings is 1. The van der Waals surface area contributed by atoms with Crippen LogP contribution < -0.4 is 5.32 Å². The summed E-state index contributed by atoms with van der Waals surface area (Å²) in [6.45, 7) is 5.11. The van der Waals surface area contributed by atoms with Crippen molar-refractivity contribution in [3.05, 3.63) is 20.8 Å². The number of rotatable bonds is 6. The molecule has 1 aliphatic rings. The van der Waals surface area contributed by atoms with Gasteiger partial charge >= 0.3 is 6.18 Å². The second kappa shape index (κ2) is 11.7. The molecule has 1 fully saturated rings. The number of unbranched alkanes of at least 4 members (excludes halogenated alkanes) is 1. The molecule has 0 spiro atoms. The quantitative estimate of drug-likeness (QED) is 0.236. The molecule has 1 aromatic heterocycles. The monoisotopic (exact) mass is 568 g/mol. The summed E-state index contributed by atoms with van der Waals surface area (Å²) in [6, 6.07) is 4.21. The van der Waals surface area contributed by atoms with Crippen LogP contribution in [0.4, 0.5) is 13.2 Å². The molecule has 0 amide bonds. The second-order valence-corrected chi connectivity index (χ2v) is 8.56. The molecular formula is C16H25BrF3IN4S. The Balaban J connectivity index is 0.00000338. The van der Waals surface area contributed by atoms with Gasteiger partial charge in [0.1, 0.15) is 0 Å². The Morgan fingerprint density at radius 3 is 2.46 bits per heavy atom. The molecule has 26 heavy (non-hydrogen) atoms. The van der Waals surface area contributed by atoms with E-state index in [4.69, 9.17) is 0 Å². The summed E-state index contributed by atoms with van der Waals surface area (Å²) >= 11 is 5.24. The number of guanidine groups is 1. The predicted molar refractivity (Wildman–Crippen MR) is 116 cm³/mol. The van der Waals surface area contributed by atoms with Crippen LogP contribution in [0.3, 0.4) is 0 Å². The lowest BCUT2D eigenvalue weighted by molar-refractivity contribution is -0.135. The largest absolute Gasteiger partial charge is 0.389 e. The number of hydrogen-bond donors (Lipinski definition) is 1. The summed E-state index contributed by atoms with van der Waals surface area (Å²) in [6.07, 6.45) is -4.13. The highest BCUT2D eigenvalue weighted by Gasteiger charge is 2.26. The van der Waals surface area contributed by atoms with Gasteiger partial charge in [-0.25, -0.2) is 0 Å². The summed E-state index contributed by atoms with van der Waals surface area (Å²) < 4.78 is 37.6. The van der Waals surface area contributed by atoms with E-state index in [1.807, 2.05) is 0 Å². The van der Waals surface area contributed by atoms with Crippen LogP contribution in [0.15, 0.2) is 20.9 Å². The third kappa shape index (κ3) is 8.75. The molecule has 1 N–H and O–H groups in total. The fourth-order valence-electron chi connectivity index (χ4n) is 2.76. The lowest BCUT2D eigenvalue weighted by Gasteiger charge is -2.36. The first kappa shape index (κ1) is 24.0. The fraction of sp³-hybridized carbons (Fsp3) is 0.688. The highest BCUT2D eigenvalue weighted by atomic mass is 127. The van der Waals surface area contributed by atoms with E-state index in [1.54, 1.807) is 18.4 Å². The zero-order chi connectivity index (χ0) is 18.3. The average molecular weight is 569 g/mol. The van der Waals surface area contributed by atoms with Gasteiger partial charge in [-0.3, -0.25) is 9.89 Å². The Morgan fingerprint density at radius 2 is 1.92 bits per heavy atom. The zero-order valence-electron chi connectivity index (χ0n) is 14.7. The van der Waals surface area contributed by atoms with Gasteiger partial charge in [0.25, 0.3) is 0 Å². The predicted octanol–water partition coefficient (Wildman–Crippen LogP) is 4.55. The summed E-state index contributed by atoms with van der Waals surface area (Å²) in [5.41, 5.74) is 0. The van der Waals surface area contributed by atoms with E-state index in [9.17, 15) is 13.2 Å². The third-order valence-corrected chi connectivity index (χ3v) is 5.67. The number of alkyl halides is 3. The average Bonchev–Trinajstić information content (AvgIpc) is 2.96. The number of aliphatic imine (C=N–C) groups is 1. The molecule has 0 aliphatic carbocycles. The van der Waals surface area contributed by atoms with Crippen molar-refractivity contribution in [1.29, 1.82) is 0 Å². The molecule has 0 aromatic carbocycles. The van der Waals surface area contributed by atoms with Crippen molar-refractivity contribution in [1.82, 2.24) is 15.1 Å². The van der Waals surface area contributed by atoms with Crippen LogP contribution in [0, 0.1) is 0 Å². The minimum absolute atomic E-state index is 0. The number of nitrogens with one attached hydrogen (secondary N) is 1. The van der Waals surface area contributed by atoms with Crippen LogP contribution in [0.1, 0.15) is 24.1 Å². The van der Waals surface area contributed by atoms with Crippen molar-refractivity contribution in [3.63, 3.8) is 0 Å². The van der Waals surface area contributed by atoms with Crippen LogP contribution in [0.2, 0.25) is 0 Å². The molecule has 2 rings (SSSR count). The van der Waals surface area contributed by atoms with Crippen LogP contribution >= 0.6 is 51.2 Å². The molecule has 0 unspecified atom stereocenters. The second-order valence-electron chi connectivity index (χ2n) is 6.02. The van der Waals surface area contributed by atoms with Crippen molar-refractivity contribution in [3.8, 4) is 0 Å². The normalized spacial score (nSPS) is 16.5. The number of piperazine rings is 1. The minimum atomic E-state index is -4.06. The SMILES string of the molecule is CN=C(NCCCCC(F)(F)F)N1CCN(Cc2ccc(Br)s2)CC1.I. The number of nitrogens with zero attached hydrogens (tertiary/aromatic N) is 3. The maximum absolute atomic E-state index is 12.1. The third-order valence-electron chi connectivity index (χ3n) is 4.06. The van der Waals surface area contributed by atoms with E-state index < -0.39 is 12.6 Å². The molecule has 1 aliphatic heterocycles. The van der Waals surface area contributed by atoms with Gasteiger partial charge in [-0.2, -0.15) is 13.2 Å². The fourth-order valence-corrected chi connectivity index (χ4v) is 4.28. The van der Waals surface area contributed by atoms with Gasteiger partial charge in [-0.05, 0) is 40.9 Å². The van der Waals surface area contributed by atoms with Crippen LogP contribution in [-0.2, 0) is 6.54 Å². The molecule has 0 atom stereocenters. The summed E-state index contributed by atoms with van der Waals surface area (Å²) in [5, 5.41) is 3.18. The first-order valence-corrected chi connectivity index (χ1v) is 9.97. The van der Waals surface area contributed by atoms with Crippen LogP contribution in [0.5, 0.6) is 0 Å². The van der Waals surface area contributed by atoms with Crippen molar-refractivity contribution < 1.29 is 13.2 Å². The van der Waals surface area contributed by atoms with Crippen molar-refractivity contribution in [2.45, 2.75) is 32.0 Å². The smallest absolute Gasteiger partial charge is 0.356 e. The zero-order valence-corrected chi connectivity index (χ0v) is 19.4. The first-order chi connectivity index (χ1) is 11.9. The van der Waals surface area contributed by atoms with E-state index in [-0.39, 0.29) is 30.4 Å². The van der Waals surface area contributed by atoms with Gasteiger partial charge in [0, 0.05) is 57.6 Å². The van der Waals surface area contributed by atoms with Gasteiger partial charge in [0.2, 0.25) is 0 Å². The Hall–Kier alpha value is -0.0700. The van der Waals surface area contributed by atoms with E-state index >= 15 is 0 Å². The Kier molecular flexibility index (Phi) is 10.8. The van der Waals surface area contributed by atoms with Crippen LogP contribution in [-0.4, -0.2) is 61.7 Å². The molecule has 4 nitrogen and oxygen atoms in total. The Labute approximate surface area is 182 Å². The van der Waals surface area contributed by atoms with Gasteiger partial charge in [0.05, 0.1) is 3.79 Å². The Bertz CT molecular complexity index is 560. The van der Waals surface area contributed by atoms with E-state index in [0.29, 0.717) is 13.0 Å². The highest BCUT2D eigenvalue weighted by molar-refractivity contribution is 14.0. The van der Waals surface area contributed by atoms with Crippen molar-refractivity contribution in [2.75, 3.05) is 39.8 Å². The maximum atomic E-state index is 12.1. The van der Waals surface area contributed by atoms with E-state index in [0.717, 1.165) is 42.5 Å². The minimum Gasteiger partial charge on any atom is -0.356 e. The van der Waals surface area contributed by atoms with Gasteiger partial charge < -0.3 is 10.2 Å². The summed E-state index contributed by atoms with van der Waals surface area (Å²) in [5.74, 6) is 0.783. The summed E-state index contributed by atoms with van der Waals surface area (Å²) in [7, 11) is 1.72. The topological polar surface area (TPSA) is 30.9 Å². The molecule has 0 bridgehead atoms. The first-order valence-electron chi connectivity index (χ1n) is 8.36. The number of hydrogen-bond acceptors (Lipinski definition) is 3. The molecule has 2 heterocycles. The van der Waals surface area contributed by atoms with Crippen molar-refractivity contribution >= 4 is 57.2 Å². The molecule has 0 saturated carbocycles. The molecule has 1 aromatic rings. The van der Waals surface area contributed by atoms with Crippen LogP contribution in [0.25, 0.3) is 0 Å². The van der Waals surface area contributed by atoms with Crippen molar-refractivity contribution in [2.24, 2.45) is 4.99 Å². The van der Waals surface area contributed by atoms with E-state index in [1.165, 1.54) is 4.88 Å². The molecule has 150 valence electrons. The lowest BCUT2D eigenvalue weighted by atomic mass is 10.2. The molecular weight excluding hydrogens is 544 g/mol. The number of halogens is 5. The summed E-state index contributed by atoms with van der Waals surface area (Å²) in [4.78, 5) is 10.2.